The fourth-order valence-corrected chi connectivity index (χ4v) is 3.64. The Hall–Kier alpha value is -4.03. The molecule has 0 aromatic heterocycles. The Balaban J connectivity index is 1.55. The zero-order valence-corrected chi connectivity index (χ0v) is 18.5. The third kappa shape index (κ3) is 7.53. The number of nitrogens with one attached hydrogen (secondary N) is 2. The molecule has 9 heteroatoms. The maximum absolute atomic E-state index is 12.7. The summed E-state index contributed by atoms with van der Waals surface area (Å²) < 4.78 is 65.0. The molecule has 0 radical (unpaired) electrons. The van der Waals surface area contributed by atoms with Crippen LogP contribution in [0.5, 0.6) is 0 Å². The molecule has 5 nitrogen and oxygen atoms in total. The van der Waals surface area contributed by atoms with E-state index >= 15 is 0 Å². The highest BCUT2D eigenvalue weighted by Gasteiger charge is 2.30. The number of hydrogen-bond acceptors (Lipinski definition) is 3. The SMILES string of the molecule is O=C(NCC#Cc1cccc(C(F)(F)F)c1)c1ccc(NS(=O)(=O)/C=C/c2ccccc2)cc1. The molecule has 1 amide bonds. The lowest BCUT2D eigenvalue weighted by atomic mass is 10.1. The lowest BCUT2D eigenvalue weighted by Crippen LogP contribution is -2.23. The number of anilines is 1. The van der Waals surface area contributed by atoms with E-state index < -0.39 is 27.7 Å². The van der Waals surface area contributed by atoms with Crippen LogP contribution in [0.1, 0.15) is 27.0 Å². The van der Waals surface area contributed by atoms with Gasteiger partial charge in [0.1, 0.15) is 0 Å². The molecule has 0 saturated carbocycles. The number of alkyl halides is 3. The monoisotopic (exact) mass is 484 g/mol. The van der Waals surface area contributed by atoms with Gasteiger partial charge in [-0.2, -0.15) is 13.2 Å². The molecule has 0 heterocycles. The summed E-state index contributed by atoms with van der Waals surface area (Å²) in [4.78, 5) is 12.2. The molecule has 0 spiro atoms. The first kappa shape index (κ1) is 24.6. The van der Waals surface area contributed by atoms with Crippen LogP contribution < -0.4 is 10.0 Å². The van der Waals surface area contributed by atoms with Gasteiger partial charge in [-0.1, -0.05) is 48.2 Å². The summed E-state index contributed by atoms with van der Waals surface area (Å²) in [5.41, 5.74) is 0.662. The first-order valence-electron chi connectivity index (χ1n) is 9.93. The van der Waals surface area contributed by atoms with Crippen molar-refractivity contribution in [2.45, 2.75) is 6.18 Å². The smallest absolute Gasteiger partial charge is 0.341 e. The normalized spacial score (nSPS) is 11.5. The standard InChI is InChI=1S/C25H19F3N2O3S/c26-25(27,28)22-10-4-8-20(18-22)9-5-16-29-24(31)21-11-13-23(14-12-21)30-34(32,33)17-15-19-6-2-1-3-7-19/h1-4,6-8,10-15,17-18,30H,16H2,(H,29,31)/b17-15+. The number of benzene rings is 3. The molecule has 0 aliphatic rings. The van der Waals surface area contributed by atoms with Crippen LogP contribution >= 0.6 is 0 Å². The number of carbonyl (C=O) groups is 1. The Morgan fingerprint density at radius 1 is 0.941 bits per heavy atom. The summed E-state index contributed by atoms with van der Waals surface area (Å²) in [7, 11) is -3.74. The summed E-state index contributed by atoms with van der Waals surface area (Å²) in [6.45, 7) is -0.0757. The molecule has 3 rings (SSSR count). The van der Waals surface area contributed by atoms with Crippen molar-refractivity contribution in [2.75, 3.05) is 11.3 Å². The van der Waals surface area contributed by atoms with Crippen molar-refractivity contribution in [1.29, 1.82) is 0 Å². The molecule has 0 saturated heterocycles. The van der Waals surface area contributed by atoms with E-state index in [2.05, 4.69) is 21.9 Å². The Labute approximate surface area is 195 Å². The van der Waals surface area contributed by atoms with Crippen molar-refractivity contribution in [1.82, 2.24) is 5.32 Å². The predicted octanol–water partition coefficient (Wildman–Crippen LogP) is 4.90. The molecule has 0 fully saturated rings. The molecule has 34 heavy (non-hydrogen) atoms. The Kier molecular flexibility index (Phi) is 7.76. The van der Waals surface area contributed by atoms with E-state index in [1.807, 2.05) is 6.07 Å². The van der Waals surface area contributed by atoms with Crippen LogP contribution in [0.4, 0.5) is 18.9 Å². The van der Waals surface area contributed by atoms with Crippen LogP contribution in [0, 0.1) is 11.8 Å². The average molecular weight is 484 g/mol. The maximum atomic E-state index is 12.7. The van der Waals surface area contributed by atoms with Gasteiger partial charge >= 0.3 is 6.18 Å². The molecule has 2 N–H and O–H groups in total. The van der Waals surface area contributed by atoms with E-state index in [-0.39, 0.29) is 23.4 Å². The maximum Gasteiger partial charge on any atom is 0.416 e. The fourth-order valence-electron chi connectivity index (χ4n) is 2.77. The minimum Gasteiger partial charge on any atom is -0.341 e. The Bertz CT molecular complexity index is 1340. The van der Waals surface area contributed by atoms with E-state index in [1.54, 1.807) is 24.3 Å². The molecular weight excluding hydrogens is 465 g/mol. The molecular formula is C25H19F3N2O3S. The number of carbonyl (C=O) groups excluding carboxylic acids is 1. The van der Waals surface area contributed by atoms with Crippen molar-refractivity contribution < 1.29 is 26.4 Å². The molecule has 0 unspecified atom stereocenters. The second kappa shape index (κ2) is 10.7. The quantitative estimate of drug-likeness (QED) is 0.489. The van der Waals surface area contributed by atoms with E-state index in [0.29, 0.717) is 0 Å². The number of halogens is 3. The highest BCUT2D eigenvalue weighted by molar-refractivity contribution is 7.95. The minimum absolute atomic E-state index is 0.0757. The molecule has 174 valence electrons. The van der Waals surface area contributed by atoms with E-state index in [9.17, 15) is 26.4 Å². The first-order valence-corrected chi connectivity index (χ1v) is 11.5. The van der Waals surface area contributed by atoms with Crippen LogP contribution in [0.15, 0.2) is 84.3 Å². The van der Waals surface area contributed by atoms with Crippen molar-refractivity contribution in [2.24, 2.45) is 0 Å². The summed E-state index contributed by atoms with van der Waals surface area (Å²) in [5.74, 6) is 4.72. The topological polar surface area (TPSA) is 75.3 Å². The van der Waals surface area contributed by atoms with Crippen LogP contribution in [0.3, 0.4) is 0 Å². The van der Waals surface area contributed by atoms with Gasteiger partial charge in [0.15, 0.2) is 0 Å². The molecule has 0 aliphatic heterocycles. The second-order valence-electron chi connectivity index (χ2n) is 7.00. The number of amides is 1. The van der Waals surface area contributed by atoms with Crippen molar-refractivity contribution in [3.8, 4) is 11.8 Å². The van der Waals surface area contributed by atoms with Crippen molar-refractivity contribution >= 4 is 27.7 Å². The summed E-state index contributed by atoms with van der Waals surface area (Å²) >= 11 is 0. The van der Waals surface area contributed by atoms with Gasteiger partial charge < -0.3 is 5.32 Å². The van der Waals surface area contributed by atoms with Gasteiger partial charge in [-0.25, -0.2) is 8.42 Å². The molecule has 0 atom stereocenters. The zero-order chi connectivity index (χ0) is 24.6. The first-order chi connectivity index (χ1) is 16.1. The number of sulfonamides is 1. The van der Waals surface area contributed by atoms with E-state index in [1.165, 1.54) is 42.5 Å². The summed E-state index contributed by atoms with van der Waals surface area (Å²) in [6, 6.07) is 19.3. The lowest BCUT2D eigenvalue weighted by molar-refractivity contribution is -0.137. The van der Waals surface area contributed by atoms with Gasteiger partial charge in [-0.15, -0.1) is 0 Å². The average Bonchev–Trinajstić information content (AvgIpc) is 2.81. The Morgan fingerprint density at radius 2 is 1.65 bits per heavy atom. The van der Waals surface area contributed by atoms with Crippen LogP contribution in [-0.4, -0.2) is 20.9 Å². The largest absolute Gasteiger partial charge is 0.416 e. The second-order valence-corrected chi connectivity index (χ2v) is 8.57. The molecule has 0 aliphatic carbocycles. The van der Waals surface area contributed by atoms with Crippen LogP contribution in [0.25, 0.3) is 6.08 Å². The molecule has 3 aromatic carbocycles. The van der Waals surface area contributed by atoms with Crippen molar-refractivity contribution in [3.05, 3.63) is 107 Å². The minimum atomic E-state index is -4.45. The van der Waals surface area contributed by atoms with Gasteiger partial charge in [0.05, 0.1) is 17.5 Å². The molecule has 3 aromatic rings. The lowest BCUT2D eigenvalue weighted by Gasteiger charge is -2.06. The number of hydrogen-bond donors (Lipinski definition) is 2. The predicted molar refractivity (Wildman–Crippen MR) is 125 cm³/mol. The zero-order valence-electron chi connectivity index (χ0n) is 17.6. The van der Waals surface area contributed by atoms with Crippen LogP contribution in [0.2, 0.25) is 0 Å². The van der Waals surface area contributed by atoms with Gasteiger partial charge in [0.2, 0.25) is 0 Å². The summed E-state index contributed by atoms with van der Waals surface area (Å²) in [6.07, 6.45) is -2.99. The van der Waals surface area contributed by atoms with Gasteiger partial charge in [-0.3, -0.25) is 9.52 Å². The van der Waals surface area contributed by atoms with Crippen LogP contribution in [-0.2, 0) is 16.2 Å². The fraction of sp³-hybridized carbons (Fsp3) is 0.0800. The van der Waals surface area contributed by atoms with Gasteiger partial charge in [-0.05, 0) is 54.1 Å². The van der Waals surface area contributed by atoms with Gasteiger partial charge in [0.25, 0.3) is 15.9 Å². The highest BCUT2D eigenvalue weighted by atomic mass is 32.2. The highest BCUT2D eigenvalue weighted by Crippen LogP contribution is 2.29. The third-order valence-electron chi connectivity index (χ3n) is 4.41. The Morgan fingerprint density at radius 3 is 2.32 bits per heavy atom. The van der Waals surface area contributed by atoms with Crippen molar-refractivity contribution in [3.63, 3.8) is 0 Å². The molecule has 0 bridgehead atoms. The van der Waals surface area contributed by atoms with E-state index in [0.717, 1.165) is 23.1 Å². The summed E-state index contributed by atoms with van der Waals surface area (Å²) in [5, 5.41) is 3.58. The third-order valence-corrected chi connectivity index (χ3v) is 5.42. The van der Waals surface area contributed by atoms with E-state index in [4.69, 9.17) is 0 Å². The van der Waals surface area contributed by atoms with Gasteiger partial charge in [0, 0.05) is 16.8 Å². The number of rotatable bonds is 6.